The highest BCUT2D eigenvalue weighted by molar-refractivity contribution is 5.92. The number of hydrogen-bond acceptors (Lipinski definition) is 6. The van der Waals surface area contributed by atoms with Crippen LogP contribution >= 0.6 is 0 Å². The van der Waals surface area contributed by atoms with Gasteiger partial charge in [0.1, 0.15) is 17.3 Å². The average molecular weight is 385 g/mol. The fraction of sp³-hybridized carbons (Fsp3) is 0.524. The Kier molecular flexibility index (Phi) is 5.26. The molecule has 1 aromatic heterocycles. The molecule has 28 heavy (non-hydrogen) atoms. The van der Waals surface area contributed by atoms with Gasteiger partial charge in [0.15, 0.2) is 5.69 Å². The number of benzene rings is 1. The summed E-state index contributed by atoms with van der Waals surface area (Å²) in [5, 5.41) is 7.07. The fourth-order valence-corrected chi connectivity index (χ4v) is 3.81. The zero-order valence-electron chi connectivity index (χ0n) is 16.6. The van der Waals surface area contributed by atoms with E-state index in [1.54, 1.807) is 20.3 Å². The van der Waals surface area contributed by atoms with Gasteiger partial charge in [-0.15, -0.1) is 0 Å². The van der Waals surface area contributed by atoms with Gasteiger partial charge < -0.3 is 19.3 Å². The molecule has 7 heteroatoms. The van der Waals surface area contributed by atoms with E-state index in [0.717, 1.165) is 55.3 Å². The van der Waals surface area contributed by atoms with Crippen LogP contribution < -0.4 is 14.8 Å². The third-order valence-electron chi connectivity index (χ3n) is 5.63. The molecule has 1 amide bonds. The summed E-state index contributed by atoms with van der Waals surface area (Å²) >= 11 is 0. The van der Waals surface area contributed by atoms with E-state index in [4.69, 9.17) is 14.0 Å². The second-order valence-electron chi connectivity index (χ2n) is 7.82. The van der Waals surface area contributed by atoms with E-state index in [2.05, 4.69) is 22.3 Å². The quantitative estimate of drug-likeness (QED) is 0.790. The fourth-order valence-electron chi connectivity index (χ4n) is 3.81. The van der Waals surface area contributed by atoms with Gasteiger partial charge in [0.2, 0.25) is 0 Å². The molecule has 0 spiro atoms. The number of ether oxygens (including phenoxy) is 2. The van der Waals surface area contributed by atoms with Crippen molar-refractivity contribution in [3.63, 3.8) is 0 Å². The first-order valence-corrected chi connectivity index (χ1v) is 9.78. The van der Waals surface area contributed by atoms with Crippen molar-refractivity contribution < 1.29 is 18.8 Å². The summed E-state index contributed by atoms with van der Waals surface area (Å²) in [6.07, 6.45) is 2.25. The second-order valence-corrected chi connectivity index (χ2v) is 7.82. The molecule has 2 aromatic rings. The summed E-state index contributed by atoms with van der Waals surface area (Å²) in [6.45, 7) is 4.62. The molecule has 2 heterocycles. The number of hydrogen-bond donors (Lipinski definition) is 1. The standard InChI is InChI=1S/C21H27N3O4/c1-13-10-24(11-15-6-7-16(26-2)8-19(15)27-3)12-18(13)22-21(25)17-9-20(28-23-17)14-4-5-14/h6-9,13-14,18H,4-5,10-12H2,1-3H3,(H,22,25)/t13-,18?/m0/s1. The van der Waals surface area contributed by atoms with E-state index < -0.39 is 0 Å². The zero-order valence-corrected chi connectivity index (χ0v) is 16.6. The Labute approximate surface area is 165 Å². The highest BCUT2D eigenvalue weighted by atomic mass is 16.5. The molecule has 2 fully saturated rings. The molecule has 7 nitrogen and oxygen atoms in total. The van der Waals surface area contributed by atoms with Gasteiger partial charge in [0, 0.05) is 49.3 Å². The molecule has 1 aliphatic heterocycles. The van der Waals surface area contributed by atoms with E-state index in [1.807, 2.05) is 18.2 Å². The predicted octanol–water partition coefficient (Wildman–Crippen LogP) is 2.82. The number of likely N-dealkylation sites (tertiary alicyclic amines) is 1. The first-order chi connectivity index (χ1) is 13.6. The largest absolute Gasteiger partial charge is 0.497 e. The lowest BCUT2D eigenvalue weighted by Crippen LogP contribution is -2.40. The lowest BCUT2D eigenvalue weighted by Gasteiger charge is -2.18. The van der Waals surface area contributed by atoms with E-state index in [9.17, 15) is 4.79 Å². The van der Waals surface area contributed by atoms with Crippen molar-refractivity contribution in [1.29, 1.82) is 0 Å². The second kappa shape index (κ2) is 7.83. The van der Waals surface area contributed by atoms with Gasteiger partial charge in [-0.1, -0.05) is 18.1 Å². The number of rotatable bonds is 7. The maximum Gasteiger partial charge on any atom is 0.273 e. The number of aromatic nitrogens is 1. The predicted molar refractivity (Wildman–Crippen MR) is 104 cm³/mol. The highest BCUT2D eigenvalue weighted by Crippen LogP contribution is 2.40. The smallest absolute Gasteiger partial charge is 0.273 e. The highest BCUT2D eigenvalue weighted by Gasteiger charge is 2.33. The Morgan fingerprint density at radius 1 is 1.25 bits per heavy atom. The van der Waals surface area contributed by atoms with Gasteiger partial charge in [0.05, 0.1) is 14.2 Å². The van der Waals surface area contributed by atoms with Crippen LogP contribution in [0.15, 0.2) is 28.8 Å². The van der Waals surface area contributed by atoms with Crippen molar-refractivity contribution in [2.75, 3.05) is 27.3 Å². The Bertz CT molecular complexity index is 846. The summed E-state index contributed by atoms with van der Waals surface area (Å²) in [5.41, 5.74) is 1.48. The van der Waals surface area contributed by atoms with Crippen LogP contribution in [-0.4, -0.2) is 49.3 Å². The molecule has 150 valence electrons. The Morgan fingerprint density at radius 2 is 2.07 bits per heavy atom. The van der Waals surface area contributed by atoms with Crippen molar-refractivity contribution in [3.05, 3.63) is 41.3 Å². The SMILES string of the molecule is COc1ccc(CN2CC(NC(=O)c3cc(C4CC4)on3)[C@@H](C)C2)c(OC)c1. The van der Waals surface area contributed by atoms with Crippen LogP contribution in [0, 0.1) is 5.92 Å². The summed E-state index contributed by atoms with van der Waals surface area (Å²) < 4.78 is 16.1. The van der Waals surface area contributed by atoms with Crippen molar-refractivity contribution >= 4 is 5.91 Å². The molecule has 4 rings (SSSR count). The van der Waals surface area contributed by atoms with Crippen LogP contribution in [0.1, 0.15) is 47.5 Å². The maximum absolute atomic E-state index is 12.6. The van der Waals surface area contributed by atoms with Gasteiger partial charge in [-0.25, -0.2) is 0 Å². The normalized spacial score (nSPS) is 22.2. The lowest BCUT2D eigenvalue weighted by atomic mass is 10.1. The molecular formula is C21H27N3O4. The van der Waals surface area contributed by atoms with Gasteiger partial charge in [-0.05, 0) is 24.8 Å². The average Bonchev–Trinajstić information content (AvgIpc) is 3.33. The summed E-state index contributed by atoms with van der Waals surface area (Å²) in [5.74, 6) is 3.07. The molecule has 1 N–H and O–H groups in total. The summed E-state index contributed by atoms with van der Waals surface area (Å²) in [6, 6.07) is 7.74. The molecule has 2 atom stereocenters. The molecule has 0 bridgehead atoms. The first-order valence-electron chi connectivity index (χ1n) is 9.78. The maximum atomic E-state index is 12.6. The van der Waals surface area contributed by atoms with Crippen LogP contribution in [0.5, 0.6) is 11.5 Å². The molecule has 1 saturated carbocycles. The molecule has 1 saturated heterocycles. The Balaban J connectivity index is 1.37. The monoisotopic (exact) mass is 385 g/mol. The van der Waals surface area contributed by atoms with Gasteiger partial charge in [-0.3, -0.25) is 9.69 Å². The minimum absolute atomic E-state index is 0.0813. The van der Waals surface area contributed by atoms with Crippen LogP contribution in [0.4, 0.5) is 0 Å². The number of nitrogens with one attached hydrogen (secondary N) is 1. The van der Waals surface area contributed by atoms with Crippen molar-refractivity contribution in [2.45, 2.75) is 38.3 Å². The van der Waals surface area contributed by atoms with Crippen LogP contribution in [0.2, 0.25) is 0 Å². The van der Waals surface area contributed by atoms with Crippen molar-refractivity contribution in [2.24, 2.45) is 5.92 Å². The number of methoxy groups -OCH3 is 2. The third kappa shape index (κ3) is 3.99. The van der Waals surface area contributed by atoms with E-state index in [-0.39, 0.29) is 11.9 Å². The van der Waals surface area contributed by atoms with E-state index in [0.29, 0.717) is 17.5 Å². The Hall–Kier alpha value is -2.54. The number of carbonyl (C=O) groups is 1. The minimum atomic E-state index is -0.156. The zero-order chi connectivity index (χ0) is 19.7. The van der Waals surface area contributed by atoms with Crippen LogP contribution in [-0.2, 0) is 6.54 Å². The number of nitrogens with zero attached hydrogens (tertiary/aromatic N) is 2. The van der Waals surface area contributed by atoms with Crippen molar-refractivity contribution in [3.8, 4) is 11.5 Å². The van der Waals surface area contributed by atoms with Crippen LogP contribution in [0.3, 0.4) is 0 Å². The van der Waals surface area contributed by atoms with Gasteiger partial charge in [0.25, 0.3) is 5.91 Å². The first kappa shape index (κ1) is 18.8. The van der Waals surface area contributed by atoms with Crippen molar-refractivity contribution in [1.82, 2.24) is 15.4 Å². The number of amides is 1. The molecular weight excluding hydrogens is 358 g/mol. The molecule has 1 unspecified atom stereocenters. The van der Waals surface area contributed by atoms with E-state index >= 15 is 0 Å². The molecule has 0 radical (unpaired) electrons. The summed E-state index contributed by atoms with van der Waals surface area (Å²) in [4.78, 5) is 14.9. The topological polar surface area (TPSA) is 76.8 Å². The van der Waals surface area contributed by atoms with Gasteiger partial charge >= 0.3 is 0 Å². The van der Waals surface area contributed by atoms with Crippen LogP contribution in [0.25, 0.3) is 0 Å². The molecule has 2 aliphatic rings. The number of carbonyl (C=O) groups excluding carboxylic acids is 1. The summed E-state index contributed by atoms with van der Waals surface area (Å²) in [7, 11) is 3.31. The minimum Gasteiger partial charge on any atom is -0.497 e. The third-order valence-corrected chi connectivity index (χ3v) is 5.63. The van der Waals surface area contributed by atoms with Gasteiger partial charge in [-0.2, -0.15) is 0 Å². The lowest BCUT2D eigenvalue weighted by molar-refractivity contribution is 0.0922. The van der Waals surface area contributed by atoms with E-state index in [1.165, 1.54) is 0 Å². The Morgan fingerprint density at radius 3 is 2.79 bits per heavy atom. The molecule has 1 aliphatic carbocycles. The molecule has 1 aromatic carbocycles.